The predicted octanol–water partition coefficient (Wildman–Crippen LogP) is 2.85. The van der Waals surface area contributed by atoms with Crippen molar-refractivity contribution in [1.29, 1.82) is 0 Å². The molecule has 2 aromatic rings. The Morgan fingerprint density at radius 1 is 1.12 bits per heavy atom. The zero-order valence-electron chi connectivity index (χ0n) is 14.2. The number of ketones is 1. The van der Waals surface area contributed by atoms with E-state index in [-0.39, 0.29) is 11.5 Å². The normalized spacial score (nSPS) is 12.3. The largest absolute Gasteiger partial charge is 0.508 e. The molecule has 5 heteroatoms. The van der Waals surface area contributed by atoms with Crippen LogP contribution in [0.25, 0.3) is 0 Å². The van der Waals surface area contributed by atoms with Gasteiger partial charge in [-0.1, -0.05) is 42.5 Å². The maximum atomic E-state index is 12.2. The Balaban J connectivity index is 2.10. The molecule has 0 amide bonds. The van der Waals surface area contributed by atoms with Crippen molar-refractivity contribution in [2.75, 3.05) is 7.11 Å². The van der Waals surface area contributed by atoms with E-state index in [1.54, 1.807) is 55.5 Å². The number of carbonyl (C=O) groups excluding carboxylic acids is 2. The molecular weight excluding hydrogens is 318 g/mol. The molecule has 25 heavy (non-hydrogen) atoms. The maximum Gasteiger partial charge on any atom is 0.328 e. The summed E-state index contributed by atoms with van der Waals surface area (Å²) in [5.41, 5.74) is 2.02. The van der Waals surface area contributed by atoms with Gasteiger partial charge in [0.15, 0.2) is 5.78 Å². The van der Waals surface area contributed by atoms with Crippen LogP contribution in [0.5, 0.6) is 5.75 Å². The minimum atomic E-state index is -0.630. The van der Waals surface area contributed by atoms with E-state index in [1.165, 1.54) is 13.2 Å². The third kappa shape index (κ3) is 5.49. The highest BCUT2D eigenvalue weighted by Crippen LogP contribution is 2.12. The van der Waals surface area contributed by atoms with Crippen LogP contribution in [-0.4, -0.2) is 30.0 Å². The highest BCUT2D eigenvalue weighted by atomic mass is 16.5. The molecule has 1 unspecified atom stereocenters. The third-order valence-corrected chi connectivity index (χ3v) is 3.67. The number of hydrogen-bond acceptors (Lipinski definition) is 5. The highest BCUT2D eigenvalue weighted by Gasteiger charge is 2.20. The van der Waals surface area contributed by atoms with Gasteiger partial charge >= 0.3 is 5.97 Å². The van der Waals surface area contributed by atoms with Crippen LogP contribution in [0, 0.1) is 0 Å². The van der Waals surface area contributed by atoms with Crippen LogP contribution in [0.3, 0.4) is 0 Å². The smallest absolute Gasteiger partial charge is 0.328 e. The van der Waals surface area contributed by atoms with Crippen LogP contribution in [-0.2, 0) is 16.0 Å². The molecule has 5 nitrogen and oxygen atoms in total. The molecule has 0 radical (unpaired) electrons. The number of rotatable bonds is 7. The van der Waals surface area contributed by atoms with E-state index >= 15 is 0 Å². The second-order valence-electron chi connectivity index (χ2n) is 5.65. The zero-order valence-corrected chi connectivity index (χ0v) is 14.2. The number of ether oxygens (including phenoxy) is 1. The van der Waals surface area contributed by atoms with Gasteiger partial charge in [0.1, 0.15) is 11.8 Å². The van der Waals surface area contributed by atoms with Gasteiger partial charge in [0.25, 0.3) is 0 Å². The zero-order chi connectivity index (χ0) is 18.2. The predicted molar refractivity (Wildman–Crippen MR) is 95.3 cm³/mol. The van der Waals surface area contributed by atoms with Crippen molar-refractivity contribution >= 4 is 11.8 Å². The molecule has 0 spiro atoms. The quantitative estimate of drug-likeness (QED) is 0.461. The van der Waals surface area contributed by atoms with Crippen LogP contribution in [0.15, 0.2) is 66.4 Å². The maximum absolute atomic E-state index is 12.2. The average molecular weight is 339 g/mol. The molecule has 0 aliphatic carbocycles. The molecule has 2 rings (SSSR count). The number of benzene rings is 2. The SMILES string of the molecule is COC(=O)C(Cc1ccc(O)cc1)NC(C)=CC(=O)c1ccccc1. The Morgan fingerprint density at radius 2 is 1.76 bits per heavy atom. The summed E-state index contributed by atoms with van der Waals surface area (Å²) in [6.07, 6.45) is 1.83. The van der Waals surface area contributed by atoms with E-state index in [0.717, 1.165) is 5.56 Å². The Bertz CT molecular complexity index is 751. The number of carbonyl (C=O) groups is 2. The van der Waals surface area contributed by atoms with Crippen molar-refractivity contribution in [3.8, 4) is 5.75 Å². The van der Waals surface area contributed by atoms with E-state index in [2.05, 4.69) is 5.32 Å². The number of hydrogen-bond donors (Lipinski definition) is 2. The van der Waals surface area contributed by atoms with Crippen molar-refractivity contribution in [1.82, 2.24) is 5.32 Å². The summed E-state index contributed by atoms with van der Waals surface area (Å²) in [5.74, 6) is -0.400. The fourth-order valence-corrected chi connectivity index (χ4v) is 2.40. The Hall–Kier alpha value is -3.08. The Labute approximate surface area is 146 Å². The summed E-state index contributed by atoms with van der Waals surface area (Å²) in [5, 5.41) is 12.4. The summed E-state index contributed by atoms with van der Waals surface area (Å²) in [7, 11) is 1.32. The van der Waals surface area contributed by atoms with E-state index in [1.807, 2.05) is 6.07 Å². The minimum Gasteiger partial charge on any atom is -0.508 e. The van der Waals surface area contributed by atoms with Crippen molar-refractivity contribution < 1.29 is 19.4 Å². The lowest BCUT2D eigenvalue weighted by Crippen LogP contribution is -2.38. The van der Waals surface area contributed by atoms with Crippen molar-refractivity contribution in [2.24, 2.45) is 0 Å². The van der Waals surface area contributed by atoms with Gasteiger partial charge in [-0.2, -0.15) is 0 Å². The Kier molecular flexibility index (Phi) is 6.34. The van der Waals surface area contributed by atoms with E-state index in [9.17, 15) is 14.7 Å². The number of phenolic OH excluding ortho intramolecular Hbond substituents is 1. The standard InChI is InChI=1S/C20H21NO4/c1-14(12-19(23)16-6-4-3-5-7-16)21-18(20(24)25-2)13-15-8-10-17(22)11-9-15/h3-12,18,21-22H,13H2,1-2H3. The molecular formula is C20H21NO4. The summed E-state index contributed by atoms with van der Waals surface area (Å²) in [6.45, 7) is 1.73. The van der Waals surface area contributed by atoms with Gasteiger partial charge < -0.3 is 15.2 Å². The van der Waals surface area contributed by atoms with Gasteiger partial charge in [-0.15, -0.1) is 0 Å². The summed E-state index contributed by atoms with van der Waals surface area (Å²) in [6, 6.07) is 14.9. The number of allylic oxidation sites excluding steroid dienone is 2. The topological polar surface area (TPSA) is 75.6 Å². The molecule has 0 aromatic heterocycles. The summed E-state index contributed by atoms with van der Waals surface area (Å²) >= 11 is 0. The first kappa shape index (κ1) is 18.3. The first-order chi connectivity index (χ1) is 12.0. The van der Waals surface area contributed by atoms with Crippen LogP contribution in [0.4, 0.5) is 0 Å². The third-order valence-electron chi connectivity index (χ3n) is 3.67. The lowest BCUT2D eigenvalue weighted by molar-refractivity contribution is -0.142. The highest BCUT2D eigenvalue weighted by molar-refractivity contribution is 6.04. The molecule has 0 saturated carbocycles. The molecule has 0 bridgehead atoms. The van der Waals surface area contributed by atoms with E-state index in [4.69, 9.17) is 4.74 Å². The van der Waals surface area contributed by atoms with Crippen LogP contribution < -0.4 is 5.32 Å². The molecule has 0 heterocycles. The molecule has 0 aliphatic rings. The molecule has 2 N–H and O–H groups in total. The molecule has 0 saturated heterocycles. The van der Waals surface area contributed by atoms with Gasteiger partial charge in [0, 0.05) is 23.8 Å². The fraction of sp³-hybridized carbons (Fsp3) is 0.200. The van der Waals surface area contributed by atoms with Crippen LogP contribution in [0.2, 0.25) is 0 Å². The molecule has 130 valence electrons. The van der Waals surface area contributed by atoms with Gasteiger partial charge in [0.05, 0.1) is 7.11 Å². The van der Waals surface area contributed by atoms with Crippen molar-refractivity contribution in [3.63, 3.8) is 0 Å². The van der Waals surface area contributed by atoms with Gasteiger partial charge in [-0.25, -0.2) is 4.79 Å². The van der Waals surface area contributed by atoms with E-state index < -0.39 is 12.0 Å². The number of esters is 1. The van der Waals surface area contributed by atoms with Gasteiger partial charge in [-0.05, 0) is 24.6 Å². The second-order valence-corrected chi connectivity index (χ2v) is 5.65. The lowest BCUT2D eigenvalue weighted by Gasteiger charge is -2.18. The van der Waals surface area contributed by atoms with Crippen LogP contribution >= 0.6 is 0 Å². The molecule has 0 aliphatic heterocycles. The fourth-order valence-electron chi connectivity index (χ4n) is 2.40. The van der Waals surface area contributed by atoms with Crippen molar-refractivity contribution in [3.05, 3.63) is 77.5 Å². The lowest BCUT2D eigenvalue weighted by atomic mass is 10.0. The van der Waals surface area contributed by atoms with E-state index in [0.29, 0.717) is 17.7 Å². The average Bonchev–Trinajstić information content (AvgIpc) is 2.63. The summed E-state index contributed by atoms with van der Waals surface area (Å²) in [4.78, 5) is 24.2. The molecule has 1 atom stereocenters. The Morgan fingerprint density at radius 3 is 2.36 bits per heavy atom. The molecule has 2 aromatic carbocycles. The first-order valence-electron chi connectivity index (χ1n) is 7.89. The van der Waals surface area contributed by atoms with Crippen molar-refractivity contribution in [2.45, 2.75) is 19.4 Å². The number of aromatic hydroxyl groups is 1. The number of methoxy groups -OCH3 is 1. The minimum absolute atomic E-state index is 0.140. The summed E-state index contributed by atoms with van der Waals surface area (Å²) < 4.78 is 4.84. The van der Waals surface area contributed by atoms with Crippen LogP contribution in [0.1, 0.15) is 22.8 Å². The second kappa shape index (κ2) is 8.68. The number of phenols is 1. The first-order valence-corrected chi connectivity index (χ1v) is 7.89. The monoisotopic (exact) mass is 339 g/mol. The molecule has 0 fully saturated rings. The van der Waals surface area contributed by atoms with Gasteiger partial charge in [-0.3, -0.25) is 4.79 Å². The van der Waals surface area contributed by atoms with Gasteiger partial charge in [0.2, 0.25) is 0 Å². The number of nitrogens with one attached hydrogen (secondary N) is 1.